The van der Waals surface area contributed by atoms with Crippen molar-refractivity contribution < 1.29 is 0 Å². The van der Waals surface area contributed by atoms with Gasteiger partial charge < -0.3 is 10.6 Å². The molecule has 2 rings (SSSR count). The number of nitrogens with two attached hydrogens (primary N) is 1. The Labute approximate surface area is 123 Å². The summed E-state index contributed by atoms with van der Waals surface area (Å²) in [6.07, 6.45) is 12.9. The van der Waals surface area contributed by atoms with Gasteiger partial charge in [0.1, 0.15) is 0 Å². The van der Waals surface area contributed by atoms with E-state index in [-0.39, 0.29) is 11.6 Å². The molecule has 1 aromatic rings. The maximum absolute atomic E-state index is 6.69. The fraction of sp³-hybridized carbons (Fsp3) is 0.812. The van der Waals surface area contributed by atoms with Gasteiger partial charge in [-0.1, -0.05) is 32.6 Å². The molecular formula is C16H30N4. The molecule has 1 saturated carbocycles. The number of aromatic nitrogens is 2. The molecule has 1 unspecified atom stereocenters. The van der Waals surface area contributed by atoms with Crippen molar-refractivity contribution in [2.75, 3.05) is 14.1 Å². The summed E-state index contributed by atoms with van der Waals surface area (Å²) in [4.78, 5) is 2.36. The van der Waals surface area contributed by atoms with E-state index in [9.17, 15) is 0 Å². The fourth-order valence-electron chi connectivity index (χ4n) is 3.58. The number of aryl methyl sites for hydroxylation is 1. The Morgan fingerprint density at radius 3 is 2.50 bits per heavy atom. The molecule has 0 aliphatic heterocycles. The molecule has 0 saturated heterocycles. The van der Waals surface area contributed by atoms with E-state index in [1.165, 1.54) is 44.1 Å². The van der Waals surface area contributed by atoms with Crippen LogP contribution in [0.2, 0.25) is 0 Å². The highest BCUT2D eigenvalue weighted by atomic mass is 15.3. The highest BCUT2D eigenvalue weighted by molar-refractivity contribution is 5.17. The second-order valence-electron chi connectivity index (χ2n) is 6.43. The third-order valence-electron chi connectivity index (χ3n) is 4.90. The third kappa shape index (κ3) is 3.07. The number of rotatable bonds is 5. The molecular weight excluding hydrogens is 248 g/mol. The first-order valence-corrected chi connectivity index (χ1v) is 8.05. The summed E-state index contributed by atoms with van der Waals surface area (Å²) in [5.74, 6) is 0. The smallest absolute Gasteiger partial charge is 0.0538 e. The summed E-state index contributed by atoms with van der Waals surface area (Å²) in [5.41, 5.74) is 7.97. The zero-order chi connectivity index (χ0) is 14.6. The summed E-state index contributed by atoms with van der Waals surface area (Å²) in [5, 5.41) is 4.45. The fourth-order valence-corrected chi connectivity index (χ4v) is 3.58. The second-order valence-corrected chi connectivity index (χ2v) is 6.43. The number of nitrogens with zero attached hydrogens (tertiary/aromatic N) is 3. The van der Waals surface area contributed by atoms with Crippen LogP contribution in [-0.2, 0) is 6.54 Å². The van der Waals surface area contributed by atoms with Gasteiger partial charge in [0.05, 0.1) is 12.2 Å². The molecule has 114 valence electrons. The molecule has 2 N–H and O–H groups in total. The Morgan fingerprint density at radius 2 is 1.95 bits per heavy atom. The zero-order valence-corrected chi connectivity index (χ0v) is 13.3. The van der Waals surface area contributed by atoms with Crippen LogP contribution in [-0.4, -0.2) is 34.3 Å². The Kier molecular flexibility index (Phi) is 5.22. The monoisotopic (exact) mass is 278 g/mol. The lowest BCUT2D eigenvalue weighted by atomic mass is 9.79. The standard InChI is InChI=1S/C16H30N4/c1-4-11-20-13-14(12-18-20)15(17)16(19(2)3)9-7-5-6-8-10-16/h12-13,15H,4-11,17H2,1-3H3. The third-order valence-corrected chi connectivity index (χ3v) is 4.90. The average molecular weight is 278 g/mol. The first-order valence-electron chi connectivity index (χ1n) is 8.05. The SMILES string of the molecule is CCCn1cc(C(N)C2(N(C)C)CCCCCC2)cn1. The molecule has 1 aliphatic rings. The highest BCUT2D eigenvalue weighted by Gasteiger charge is 2.40. The number of hydrogen-bond donors (Lipinski definition) is 1. The van der Waals surface area contributed by atoms with Gasteiger partial charge in [-0.2, -0.15) is 5.10 Å². The van der Waals surface area contributed by atoms with E-state index in [1.54, 1.807) is 0 Å². The largest absolute Gasteiger partial charge is 0.322 e. The number of hydrogen-bond acceptors (Lipinski definition) is 3. The highest BCUT2D eigenvalue weighted by Crippen LogP contribution is 2.39. The summed E-state index contributed by atoms with van der Waals surface area (Å²) >= 11 is 0. The average Bonchev–Trinajstić information content (AvgIpc) is 2.74. The predicted molar refractivity (Wildman–Crippen MR) is 83.6 cm³/mol. The minimum atomic E-state index is 0.0567. The van der Waals surface area contributed by atoms with E-state index in [1.807, 2.05) is 10.9 Å². The van der Waals surface area contributed by atoms with Crippen molar-refractivity contribution in [2.24, 2.45) is 5.73 Å². The maximum atomic E-state index is 6.69. The molecule has 0 spiro atoms. The van der Waals surface area contributed by atoms with E-state index in [0.29, 0.717) is 0 Å². The van der Waals surface area contributed by atoms with Crippen LogP contribution in [0.4, 0.5) is 0 Å². The van der Waals surface area contributed by atoms with Gasteiger partial charge in [-0.05, 0) is 33.4 Å². The lowest BCUT2D eigenvalue weighted by Crippen LogP contribution is -2.52. The van der Waals surface area contributed by atoms with Crippen LogP contribution in [0.25, 0.3) is 0 Å². The van der Waals surface area contributed by atoms with Crippen LogP contribution in [0.3, 0.4) is 0 Å². The Bertz CT molecular complexity index is 402. The van der Waals surface area contributed by atoms with Crippen LogP contribution in [0.1, 0.15) is 63.5 Å². The molecule has 1 heterocycles. The molecule has 0 amide bonds. The van der Waals surface area contributed by atoms with Crippen LogP contribution in [0.5, 0.6) is 0 Å². The van der Waals surface area contributed by atoms with Gasteiger partial charge in [-0.15, -0.1) is 0 Å². The lowest BCUT2D eigenvalue weighted by Gasteiger charge is -2.44. The van der Waals surface area contributed by atoms with Gasteiger partial charge >= 0.3 is 0 Å². The summed E-state index contributed by atoms with van der Waals surface area (Å²) in [6.45, 7) is 3.15. The first-order chi connectivity index (χ1) is 9.60. The van der Waals surface area contributed by atoms with E-state index < -0.39 is 0 Å². The van der Waals surface area contributed by atoms with Gasteiger partial charge in [0.2, 0.25) is 0 Å². The summed E-state index contributed by atoms with van der Waals surface area (Å²) < 4.78 is 2.02. The Morgan fingerprint density at radius 1 is 1.30 bits per heavy atom. The molecule has 0 aromatic carbocycles. The van der Waals surface area contributed by atoms with Crippen molar-refractivity contribution in [2.45, 2.75) is 70.0 Å². The summed E-state index contributed by atoms with van der Waals surface area (Å²) in [6, 6.07) is 0.0567. The van der Waals surface area contributed by atoms with E-state index in [4.69, 9.17) is 5.73 Å². The van der Waals surface area contributed by atoms with Gasteiger partial charge in [-0.25, -0.2) is 0 Å². The topological polar surface area (TPSA) is 47.1 Å². The van der Waals surface area contributed by atoms with Gasteiger partial charge in [0.25, 0.3) is 0 Å². The molecule has 1 fully saturated rings. The van der Waals surface area contributed by atoms with Crippen molar-refractivity contribution in [1.29, 1.82) is 0 Å². The molecule has 4 nitrogen and oxygen atoms in total. The maximum Gasteiger partial charge on any atom is 0.0538 e. The minimum absolute atomic E-state index is 0.0567. The number of likely N-dealkylation sites (N-methyl/N-ethyl adjacent to an activating group) is 1. The van der Waals surface area contributed by atoms with Crippen LogP contribution in [0.15, 0.2) is 12.4 Å². The van der Waals surface area contributed by atoms with Crippen LogP contribution < -0.4 is 5.73 Å². The Balaban J connectivity index is 2.22. The van der Waals surface area contributed by atoms with Crippen molar-refractivity contribution in [1.82, 2.24) is 14.7 Å². The minimum Gasteiger partial charge on any atom is -0.322 e. The normalized spacial score (nSPS) is 20.9. The first kappa shape index (κ1) is 15.5. The second kappa shape index (κ2) is 6.72. The predicted octanol–water partition coefficient (Wildman–Crippen LogP) is 2.95. The molecule has 0 bridgehead atoms. The zero-order valence-electron chi connectivity index (χ0n) is 13.3. The van der Waals surface area contributed by atoms with Crippen LogP contribution >= 0.6 is 0 Å². The lowest BCUT2D eigenvalue weighted by molar-refractivity contribution is 0.0968. The molecule has 20 heavy (non-hydrogen) atoms. The van der Waals surface area contributed by atoms with Crippen molar-refractivity contribution in [3.8, 4) is 0 Å². The van der Waals surface area contributed by atoms with Crippen LogP contribution in [0, 0.1) is 0 Å². The van der Waals surface area contributed by atoms with Crippen molar-refractivity contribution >= 4 is 0 Å². The Hall–Kier alpha value is -0.870. The van der Waals surface area contributed by atoms with E-state index in [0.717, 1.165) is 13.0 Å². The molecule has 0 radical (unpaired) electrons. The van der Waals surface area contributed by atoms with E-state index >= 15 is 0 Å². The van der Waals surface area contributed by atoms with Gasteiger partial charge in [-0.3, -0.25) is 4.68 Å². The van der Waals surface area contributed by atoms with Gasteiger partial charge in [0.15, 0.2) is 0 Å². The van der Waals surface area contributed by atoms with Crippen molar-refractivity contribution in [3.05, 3.63) is 18.0 Å². The molecule has 1 atom stereocenters. The summed E-state index contributed by atoms with van der Waals surface area (Å²) in [7, 11) is 4.36. The molecule has 1 aliphatic carbocycles. The van der Waals surface area contributed by atoms with E-state index in [2.05, 4.69) is 37.2 Å². The van der Waals surface area contributed by atoms with Crippen molar-refractivity contribution in [3.63, 3.8) is 0 Å². The van der Waals surface area contributed by atoms with Gasteiger partial charge in [0, 0.05) is 23.8 Å². The quantitative estimate of drug-likeness (QED) is 0.842. The molecule has 1 aromatic heterocycles. The molecule has 4 heteroatoms.